The van der Waals surface area contributed by atoms with E-state index in [4.69, 9.17) is 5.11 Å². The lowest BCUT2D eigenvalue weighted by molar-refractivity contribution is -0.132. The third kappa shape index (κ3) is 3.36. The first-order valence-electron chi connectivity index (χ1n) is 7.17. The summed E-state index contributed by atoms with van der Waals surface area (Å²) < 4.78 is 39.3. The predicted octanol–water partition coefficient (Wildman–Crippen LogP) is 0.140. The molecule has 1 aliphatic rings. The molecule has 2 aromatic rings. The van der Waals surface area contributed by atoms with E-state index in [1.807, 2.05) is 0 Å². The molecule has 8 nitrogen and oxygen atoms in total. The Morgan fingerprint density at radius 1 is 1.38 bits per heavy atom. The number of hydrogen-bond donors (Lipinski definition) is 1. The average Bonchev–Trinajstić information content (AvgIpc) is 3.19. The molecule has 1 aliphatic heterocycles. The fourth-order valence-electron chi connectivity index (χ4n) is 2.43. The number of fused-ring (bicyclic) bond motifs is 1. The van der Waals surface area contributed by atoms with Crippen molar-refractivity contribution in [3.8, 4) is 0 Å². The molecule has 0 radical (unpaired) electrons. The smallest absolute Gasteiger partial charge is 0.257 e. The summed E-state index contributed by atoms with van der Waals surface area (Å²) in [7, 11) is -1.69. The molecule has 130 valence electrons. The molecule has 1 unspecified atom stereocenters. The van der Waals surface area contributed by atoms with Gasteiger partial charge >= 0.3 is 0 Å². The molecule has 3 heterocycles. The van der Waals surface area contributed by atoms with Gasteiger partial charge in [0, 0.05) is 30.9 Å². The van der Waals surface area contributed by atoms with Crippen LogP contribution in [-0.2, 0) is 35.4 Å². The topological polar surface area (TPSA) is 93.3 Å². The van der Waals surface area contributed by atoms with Crippen molar-refractivity contribution in [1.82, 2.24) is 23.9 Å². The average molecular weight is 359 g/mol. The van der Waals surface area contributed by atoms with Crippen LogP contribution in [0.3, 0.4) is 0 Å². The van der Waals surface area contributed by atoms with Crippen molar-refractivity contribution in [2.24, 2.45) is 0 Å². The largest absolute Gasteiger partial charge is 0.396 e. The fourth-order valence-corrected chi connectivity index (χ4v) is 3.39. The fraction of sp³-hybridized carbons (Fsp3) is 0.462. The molecule has 0 aromatic carbocycles. The molecule has 24 heavy (non-hydrogen) atoms. The quantitative estimate of drug-likeness (QED) is 0.792. The summed E-state index contributed by atoms with van der Waals surface area (Å²) in [6.07, 6.45) is 1.65. The van der Waals surface area contributed by atoms with Crippen LogP contribution >= 0.6 is 0 Å². The molecule has 1 amide bonds. The van der Waals surface area contributed by atoms with E-state index in [1.165, 1.54) is 16.5 Å². The summed E-state index contributed by atoms with van der Waals surface area (Å²) in [4.78, 5) is 13.6. The number of nitrogens with zero attached hydrogens (tertiary/aromatic N) is 5. The SMILES string of the molecule is O=C(CCO)N1Cc2cn(S(=O)c3cnn(CC(F)F)c3)nc2C1. The highest BCUT2D eigenvalue weighted by atomic mass is 32.2. The van der Waals surface area contributed by atoms with Gasteiger partial charge in [-0.25, -0.2) is 13.0 Å². The molecule has 0 spiro atoms. The van der Waals surface area contributed by atoms with E-state index in [2.05, 4.69) is 10.2 Å². The number of aliphatic hydroxyl groups is 1. The Balaban J connectivity index is 1.70. The van der Waals surface area contributed by atoms with Crippen molar-refractivity contribution in [3.05, 3.63) is 29.8 Å². The van der Waals surface area contributed by atoms with Crippen molar-refractivity contribution in [2.45, 2.75) is 37.4 Å². The van der Waals surface area contributed by atoms with Gasteiger partial charge in [-0.05, 0) is 0 Å². The summed E-state index contributed by atoms with van der Waals surface area (Å²) >= 11 is 0. The van der Waals surface area contributed by atoms with Gasteiger partial charge in [0.1, 0.15) is 6.54 Å². The maximum absolute atomic E-state index is 12.4. The molecule has 0 bridgehead atoms. The standard InChI is InChI=1S/C13H15F2N5O3S/c14-12(15)8-19-6-10(3-16-19)24(23)20-5-9-4-18(7-11(9)17-20)13(22)1-2-21/h3,5-6,12,21H,1-2,4,7-8H2. The minimum atomic E-state index is -2.54. The van der Waals surface area contributed by atoms with E-state index in [9.17, 15) is 17.8 Å². The Kier molecular flexibility index (Phi) is 4.71. The predicted molar refractivity (Wildman–Crippen MR) is 78.2 cm³/mol. The van der Waals surface area contributed by atoms with E-state index in [1.54, 1.807) is 11.1 Å². The Morgan fingerprint density at radius 3 is 2.83 bits per heavy atom. The van der Waals surface area contributed by atoms with Crippen molar-refractivity contribution < 1.29 is 22.9 Å². The molecule has 0 fully saturated rings. The summed E-state index contributed by atoms with van der Waals surface area (Å²) in [5, 5.41) is 16.8. The number of alkyl halides is 2. The zero-order chi connectivity index (χ0) is 17.3. The summed E-state index contributed by atoms with van der Waals surface area (Å²) in [6, 6.07) is 0. The third-order valence-electron chi connectivity index (χ3n) is 3.54. The second-order valence-corrected chi connectivity index (χ2v) is 6.61. The van der Waals surface area contributed by atoms with Crippen LogP contribution in [0.2, 0.25) is 0 Å². The second kappa shape index (κ2) is 6.77. The molecule has 11 heteroatoms. The van der Waals surface area contributed by atoms with Crippen LogP contribution in [-0.4, -0.2) is 52.1 Å². The lowest BCUT2D eigenvalue weighted by atomic mass is 10.3. The number of halogens is 2. The van der Waals surface area contributed by atoms with E-state index >= 15 is 0 Å². The molecular weight excluding hydrogens is 344 g/mol. The van der Waals surface area contributed by atoms with Gasteiger partial charge in [-0.2, -0.15) is 14.3 Å². The highest BCUT2D eigenvalue weighted by Gasteiger charge is 2.27. The van der Waals surface area contributed by atoms with E-state index in [0.717, 1.165) is 10.2 Å². The second-order valence-electron chi connectivity index (χ2n) is 5.27. The zero-order valence-corrected chi connectivity index (χ0v) is 13.3. The molecule has 1 N–H and O–H groups in total. The van der Waals surface area contributed by atoms with E-state index < -0.39 is 24.0 Å². The zero-order valence-electron chi connectivity index (χ0n) is 12.5. The third-order valence-corrected chi connectivity index (χ3v) is 4.68. The number of hydrogen-bond acceptors (Lipinski definition) is 5. The Hall–Kier alpha value is -2.14. The number of aromatic nitrogens is 4. The van der Waals surface area contributed by atoms with Gasteiger partial charge in [-0.3, -0.25) is 9.48 Å². The summed E-state index contributed by atoms with van der Waals surface area (Å²) in [5.74, 6) is -0.170. The molecule has 3 rings (SSSR count). The van der Waals surface area contributed by atoms with Gasteiger partial charge in [-0.15, -0.1) is 0 Å². The number of amides is 1. The first-order valence-corrected chi connectivity index (χ1v) is 8.27. The van der Waals surface area contributed by atoms with Crippen LogP contribution in [0.5, 0.6) is 0 Å². The molecule has 1 atom stereocenters. The Labute approximate surface area is 138 Å². The van der Waals surface area contributed by atoms with Crippen LogP contribution in [0.1, 0.15) is 17.7 Å². The first kappa shape index (κ1) is 16.7. The van der Waals surface area contributed by atoms with Gasteiger partial charge in [0.2, 0.25) is 5.91 Å². The molecule has 0 saturated heterocycles. The van der Waals surface area contributed by atoms with Gasteiger partial charge in [-0.1, -0.05) is 0 Å². The van der Waals surface area contributed by atoms with Gasteiger partial charge < -0.3 is 10.0 Å². The van der Waals surface area contributed by atoms with E-state index in [-0.39, 0.29) is 23.8 Å². The van der Waals surface area contributed by atoms with Crippen LogP contribution in [0.25, 0.3) is 0 Å². The molecule has 0 aliphatic carbocycles. The minimum Gasteiger partial charge on any atom is -0.396 e. The van der Waals surface area contributed by atoms with Crippen molar-refractivity contribution in [1.29, 1.82) is 0 Å². The van der Waals surface area contributed by atoms with Crippen molar-refractivity contribution in [3.63, 3.8) is 0 Å². The number of rotatable bonds is 6. The highest BCUT2D eigenvalue weighted by Crippen LogP contribution is 2.23. The van der Waals surface area contributed by atoms with Crippen LogP contribution < -0.4 is 0 Å². The molecular formula is C13H15F2N5O3S. The minimum absolute atomic E-state index is 0.0551. The van der Waals surface area contributed by atoms with Crippen LogP contribution in [0.4, 0.5) is 8.78 Å². The van der Waals surface area contributed by atoms with Crippen molar-refractivity contribution >= 4 is 16.9 Å². The van der Waals surface area contributed by atoms with Gasteiger partial charge in [0.05, 0.1) is 29.9 Å². The van der Waals surface area contributed by atoms with Crippen LogP contribution in [0.15, 0.2) is 23.5 Å². The van der Waals surface area contributed by atoms with Gasteiger partial charge in [0.25, 0.3) is 6.43 Å². The highest BCUT2D eigenvalue weighted by molar-refractivity contribution is 7.83. The lowest BCUT2D eigenvalue weighted by Crippen LogP contribution is -2.26. The number of carbonyl (C=O) groups is 1. The number of aliphatic hydroxyl groups excluding tert-OH is 1. The van der Waals surface area contributed by atoms with E-state index in [0.29, 0.717) is 18.8 Å². The van der Waals surface area contributed by atoms with Crippen molar-refractivity contribution in [2.75, 3.05) is 6.61 Å². The summed E-state index contributed by atoms with van der Waals surface area (Å²) in [5.41, 5.74) is 1.41. The Bertz CT molecular complexity index is 752. The molecule has 2 aromatic heterocycles. The maximum atomic E-state index is 12.4. The van der Waals surface area contributed by atoms with Crippen LogP contribution in [0, 0.1) is 0 Å². The van der Waals surface area contributed by atoms with Gasteiger partial charge in [0.15, 0.2) is 11.0 Å². The lowest BCUT2D eigenvalue weighted by Gasteiger charge is -2.14. The first-order chi connectivity index (χ1) is 11.5. The molecule has 0 saturated carbocycles. The number of carbonyl (C=O) groups excluding carboxylic acids is 1. The normalized spacial score (nSPS) is 15.1. The monoisotopic (exact) mass is 359 g/mol. The maximum Gasteiger partial charge on any atom is 0.257 e. The Morgan fingerprint density at radius 2 is 2.17 bits per heavy atom. The summed E-state index contributed by atoms with van der Waals surface area (Å²) in [6.45, 7) is -0.132.